The van der Waals surface area contributed by atoms with Crippen LogP contribution in [0.5, 0.6) is 0 Å². The number of benzene rings is 2. The number of anilines is 1. The maximum atomic E-state index is 13.3. The number of hydrazone groups is 1. The average Bonchev–Trinajstić information content (AvgIpc) is 3.44. The predicted octanol–water partition coefficient (Wildman–Crippen LogP) is 4.21. The predicted molar refractivity (Wildman–Crippen MR) is 119 cm³/mol. The second kappa shape index (κ2) is 8.65. The van der Waals surface area contributed by atoms with Crippen molar-refractivity contribution in [3.63, 3.8) is 0 Å². The molecular weight excluding hydrogens is 416 g/mol. The largest absolute Gasteiger partial charge is 0.467 e. The van der Waals surface area contributed by atoms with Crippen LogP contribution in [-0.2, 0) is 4.79 Å². The van der Waals surface area contributed by atoms with Crippen molar-refractivity contribution in [1.29, 1.82) is 0 Å². The van der Waals surface area contributed by atoms with Gasteiger partial charge in [-0.2, -0.15) is 5.10 Å². The van der Waals surface area contributed by atoms with Gasteiger partial charge >= 0.3 is 0 Å². The number of furan rings is 1. The van der Waals surface area contributed by atoms with Crippen LogP contribution >= 0.6 is 11.6 Å². The molecule has 0 spiro atoms. The summed E-state index contributed by atoms with van der Waals surface area (Å²) in [5.74, 6) is -0.0403. The molecular formula is C23H21ClN4O3. The molecule has 2 aromatic carbocycles. The summed E-state index contributed by atoms with van der Waals surface area (Å²) < 4.78 is 5.58. The van der Waals surface area contributed by atoms with Crippen LogP contribution in [0, 0.1) is 0 Å². The van der Waals surface area contributed by atoms with Crippen LogP contribution in [0.1, 0.15) is 41.1 Å². The number of nitrogens with two attached hydrogens (primary N) is 1. The van der Waals surface area contributed by atoms with Crippen molar-refractivity contribution in [3.8, 4) is 0 Å². The Kier molecular flexibility index (Phi) is 5.77. The van der Waals surface area contributed by atoms with Gasteiger partial charge in [-0.3, -0.25) is 9.59 Å². The van der Waals surface area contributed by atoms with E-state index in [1.807, 2.05) is 18.2 Å². The average molecular weight is 437 g/mol. The first kappa shape index (κ1) is 20.7. The minimum absolute atomic E-state index is 0.204. The highest BCUT2D eigenvalue weighted by molar-refractivity contribution is 6.30. The van der Waals surface area contributed by atoms with Crippen molar-refractivity contribution in [2.45, 2.75) is 25.4 Å². The number of primary amides is 1. The molecule has 1 aliphatic rings. The van der Waals surface area contributed by atoms with Crippen LogP contribution in [0.15, 0.2) is 76.4 Å². The number of hydrogen-bond donors (Lipinski definition) is 2. The Morgan fingerprint density at radius 1 is 1.16 bits per heavy atom. The van der Waals surface area contributed by atoms with Crippen LogP contribution in [0.4, 0.5) is 5.69 Å². The van der Waals surface area contributed by atoms with E-state index in [4.69, 9.17) is 21.8 Å². The second-order valence-electron chi connectivity index (χ2n) is 7.28. The van der Waals surface area contributed by atoms with E-state index in [9.17, 15) is 9.59 Å². The summed E-state index contributed by atoms with van der Waals surface area (Å²) in [7, 11) is 0. The summed E-state index contributed by atoms with van der Waals surface area (Å²) in [5.41, 5.74) is 8.06. The molecule has 2 amide bonds. The quantitative estimate of drug-likeness (QED) is 0.604. The lowest BCUT2D eigenvalue weighted by molar-refractivity contribution is -0.133. The first-order valence-corrected chi connectivity index (χ1v) is 10.2. The zero-order chi connectivity index (χ0) is 22.0. The first-order valence-electron chi connectivity index (χ1n) is 9.78. The Morgan fingerprint density at radius 2 is 1.87 bits per heavy atom. The van der Waals surface area contributed by atoms with E-state index in [0.29, 0.717) is 28.5 Å². The Balaban J connectivity index is 1.56. The zero-order valence-electron chi connectivity index (χ0n) is 16.8. The normalized spacial score (nSPS) is 16.6. The van der Waals surface area contributed by atoms with E-state index < -0.39 is 11.9 Å². The smallest absolute Gasteiger partial charge is 0.265 e. The molecule has 1 aliphatic heterocycles. The lowest BCUT2D eigenvalue weighted by Gasteiger charge is -2.24. The Bertz CT molecular complexity index is 1110. The van der Waals surface area contributed by atoms with E-state index in [1.165, 1.54) is 5.01 Å². The molecule has 0 bridgehead atoms. The summed E-state index contributed by atoms with van der Waals surface area (Å²) in [6.07, 6.45) is 2.11. The minimum atomic E-state index is -0.565. The number of nitrogens with zero attached hydrogens (tertiary/aromatic N) is 2. The third-order valence-corrected chi connectivity index (χ3v) is 5.36. The first-order chi connectivity index (χ1) is 14.9. The van der Waals surface area contributed by atoms with Crippen molar-refractivity contribution in [2.75, 3.05) is 5.32 Å². The minimum Gasteiger partial charge on any atom is -0.467 e. The molecule has 7 nitrogen and oxygen atoms in total. The van der Waals surface area contributed by atoms with Gasteiger partial charge in [0, 0.05) is 22.7 Å². The number of hydrogen-bond acceptors (Lipinski definition) is 5. The fourth-order valence-corrected chi connectivity index (χ4v) is 3.60. The molecule has 3 aromatic rings. The molecule has 0 aliphatic carbocycles. The van der Waals surface area contributed by atoms with Crippen molar-refractivity contribution < 1.29 is 14.0 Å². The summed E-state index contributed by atoms with van der Waals surface area (Å²) in [4.78, 5) is 24.5. The summed E-state index contributed by atoms with van der Waals surface area (Å²) in [6, 6.07) is 16.7. The molecule has 2 heterocycles. The van der Waals surface area contributed by atoms with E-state index in [1.54, 1.807) is 55.7 Å². The second-order valence-corrected chi connectivity index (χ2v) is 7.72. The number of carbonyl (C=O) groups is 2. The number of nitrogens with one attached hydrogen (secondary N) is 1. The van der Waals surface area contributed by atoms with Gasteiger partial charge in [0.25, 0.3) is 5.91 Å². The fraction of sp³-hybridized carbons (Fsp3) is 0.174. The molecule has 1 aromatic heterocycles. The molecule has 3 N–H and O–H groups in total. The molecule has 0 saturated heterocycles. The molecule has 0 unspecified atom stereocenters. The highest BCUT2D eigenvalue weighted by atomic mass is 35.5. The van der Waals surface area contributed by atoms with Gasteiger partial charge < -0.3 is 15.5 Å². The molecule has 0 saturated carbocycles. The maximum absolute atomic E-state index is 13.3. The number of carbonyl (C=O) groups excluding carboxylic acids is 2. The highest BCUT2D eigenvalue weighted by Crippen LogP contribution is 2.34. The summed E-state index contributed by atoms with van der Waals surface area (Å²) in [6.45, 7) is 1.76. The molecule has 4 rings (SSSR count). The van der Waals surface area contributed by atoms with E-state index >= 15 is 0 Å². The third-order valence-electron chi connectivity index (χ3n) is 5.11. The van der Waals surface area contributed by atoms with E-state index in [-0.39, 0.29) is 11.9 Å². The Hall–Kier alpha value is -3.58. The third kappa shape index (κ3) is 4.46. The van der Waals surface area contributed by atoms with Gasteiger partial charge in [-0.05, 0) is 61.0 Å². The maximum Gasteiger partial charge on any atom is 0.265 e. The summed E-state index contributed by atoms with van der Waals surface area (Å²) in [5, 5.41) is 9.88. The van der Waals surface area contributed by atoms with E-state index in [2.05, 4.69) is 10.4 Å². The van der Waals surface area contributed by atoms with Crippen LogP contribution in [-0.4, -0.2) is 28.6 Å². The van der Waals surface area contributed by atoms with Crippen LogP contribution < -0.4 is 11.1 Å². The molecule has 8 heteroatoms. The molecule has 31 heavy (non-hydrogen) atoms. The molecule has 2 atom stereocenters. The Morgan fingerprint density at radius 3 is 2.48 bits per heavy atom. The zero-order valence-corrected chi connectivity index (χ0v) is 17.5. The van der Waals surface area contributed by atoms with Crippen molar-refractivity contribution in [3.05, 3.63) is 88.8 Å². The van der Waals surface area contributed by atoms with Crippen LogP contribution in [0.3, 0.4) is 0 Å². The number of rotatable bonds is 6. The van der Waals surface area contributed by atoms with Gasteiger partial charge in [-0.15, -0.1) is 0 Å². The van der Waals surface area contributed by atoms with Crippen molar-refractivity contribution in [2.24, 2.45) is 10.8 Å². The molecule has 158 valence electrons. The van der Waals surface area contributed by atoms with Crippen LogP contribution in [0.2, 0.25) is 5.02 Å². The number of amides is 2. The topological polar surface area (TPSA) is 101 Å². The van der Waals surface area contributed by atoms with Gasteiger partial charge in [0.05, 0.1) is 12.0 Å². The number of halogens is 1. The van der Waals surface area contributed by atoms with Gasteiger partial charge in [-0.1, -0.05) is 23.7 Å². The van der Waals surface area contributed by atoms with Crippen molar-refractivity contribution >= 4 is 34.8 Å². The highest BCUT2D eigenvalue weighted by Gasteiger charge is 2.36. The lowest BCUT2D eigenvalue weighted by atomic mass is 10.0. The fourth-order valence-electron chi connectivity index (χ4n) is 3.47. The molecule has 0 fully saturated rings. The van der Waals surface area contributed by atoms with Gasteiger partial charge in [0.2, 0.25) is 5.91 Å². The molecule has 0 radical (unpaired) electrons. The monoisotopic (exact) mass is 436 g/mol. The van der Waals surface area contributed by atoms with Crippen LogP contribution in [0.25, 0.3) is 0 Å². The summed E-state index contributed by atoms with van der Waals surface area (Å²) >= 11 is 6.00. The SMILES string of the molecule is C[C@H](Nc1ccc(C(N)=O)cc1)C(=O)N1N=C(c2ccc(Cl)cc2)C[C@@H]1c1ccco1. The van der Waals surface area contributed by atoms with Gasteiger partial charge in [0.15, 0.2) is 0 Å². The Labute approximate surface area is 184 Å². The lowest BCUT2D eigenvalue weighted by Crippen LogP contribution is -2.38. The standard InChI is InChI=1S/C23H21ClN4O3/c1-14(26-18-10-6-16(7-11-18)22(25)29)23(30)28-20(21-3-2-12-31-21)13-19(27-28)15-4-8-17(24)9-5-15/h2-12,14,20,26H,13H2,1H3,(H2,25,29)/t14-,20+/m0/s1. The van der Waals surface area contributed by atoms with Crippen molar-refractivity contribution in [1.82, 2.24) is 5.01 Å². The van der Waals surface area contributed by atoms with E-state index in [0.717, 1.165) is 11.3 Å². The van der Waals surface area contributed by atoms with Gasteiger partial charge in [0.1, 0.15) is 17.8 Å². The van der Waals surface area contributed by atoms with Gasteiger partial charge in [-0.25, -0.2) is 5.01 Å².